The number of aliphatic imine (C=N–C) groups is 1. The van der Waals surface area contributed by atoms with E-state index in [4.69, 9.17) is 9.47 Å². The molecule has 1 fully saturated rings. The minimum atomic E-state index is 0.457. The first-order chi connectivity index (χ1) is 12.2. The van der Waals surface area contributed by atoms with Crippen LogP contribution in [0.5, 0.6) is 5.75 Å². The first kappa shape index (κ1) is 19.6. The summed E-state index contributed by atoms with van der Waals surface area (Å²) in [5.41, 5.74) is 1.66. The van der Waals surface area contributed by atoms with E-state index in [2.05, 4.69) is 34.7 Å². The lowest BCUT2D eigenvalue weighted by Gasteiger charge is -2.28. The molecule has 0 aliphatic heterocycles. The average Bonchev–Trinajstić information content (AvgIpc) is 3.13. The molecule has 140 valence electrons. The van der Waals surface area contributed by atoms with Crippen molar-refractivity contribution in [3.63, 3.8) is 0 Å². The minimum Gasteiger partial charge on any atom is -0.491 e. The van der Waals surface area contributed by atoms with Crippen molar-refractivity contribution in [1.29, 1.82) is 0 Å². The molecule has 2 N–H and O–H groups in total. The Labute approximate surface area is 152 Å². The van der Waals surface area contributed by atoms with Gasteiger partial charge in [0.2, 0.25) is 0 Å². The number of hydrogen-bond donors (Lipinski definition) is 2. The molecule has 0 heterocycles. The summed E-state index contributed by atoms with van der Waals surface area (Å²) in [6.07, 6.45) is 6.62. The van der Waals surface area contributed by atoms with Gasteiger partial charge >= 0.3 is 0 Å². The highest BCUT2D eigenvalue weighted by Gasteiger charge is 2.31. The van der Waals surface area contributed by atoms with Crippen molar-refractivity contribution in [3.05, 3.63) is 29.8 Å². The zero-order chi connectivity index (χ0) is 18.0. The summed E-state index contributed by atoms with van der Waals surface area (Å²) in [5, 5.41) is 6.92. The van der Waals surface area contributed by atoms with Crippen LogP contribution in [0.1, 0.15) is 44.6 Å². The van der Waals surface area contributed by atoms with E-state index >= 15 is 0 Å². The Morgan fingerprint density at radius 2 is 1.84 bits per heavy atom. The van der Waals surface area contributed by atoms with Gasteiger partial charge in [0, 0.05) is 27.2 Å². The van der Waals surface area contributed by atoms with E-state index in [9.17, 15) is 0 Å². The number of nitrogens with zero attached hydrogens (tertiary/aromatic N) is 1. The van der Waals surface area contributed by atoms with E-state index in [0.29, 0.717) is 18.6 Å². The second-order valence-corrected chi connectivity index (χ2v) is 6.83. The molecule has 25 heavy (non-hydrogen) atoms. The number of hydrogen-bond acceptors (Lipinski definition) is 3. The van der Waals surface area contributed by atoms with Crippen LogP contribution in [0.25, 0.3) is 0 Å². The van der Waals surface area contributed by atoms with Crippen molar-refractivity contribution in [2.75, 3.05) is 33.9 Å². The van der Waals surface area contributed by atoms with Crippen LogP contribution in [-0.4, -0.2) is 39.9 Å². The van der Waals surface area contributed by atoms with Crippen molar-refractivity contribution < 1.29 is 9.47 Å². The Morgan fingerprint density at radius 3 is 2.44 bits per heavy atom. The molecular formula is C20H33N3O2. The Kier molecular flexibility index (Phi) is 8.06. The zero-order valence-corrected chi connectivity index (χ0v) is 15.9. The molecule has 0 atom stereocenters. The Bertz CT molecular complexity index is 522. The standard InChI is InChI=1S/C20H33N3O2/c1-4-20(11-5-6-12-20)16-23-19(21-2)22-15-17-7-9-18(10-8-17)25-14-13-24-3/h7-10H,4-6,11-16H2,1-3H3,(H2,21,22,23). The number of guanidine groups is 1. The van der Waals surface area contributed by atoms with E-state index in [0.717, 1.165) is 24.8 Å². The molecule has 1 aliphatic rings. The fraction of sp³-hybridized carbons (Fsp3) is 0.650. The van der Waals surface area contributed by atoms with Crippen molar-refractivity contribution in [1.82, 2.24) is 10.6 Å². The van der Waals surface area contributed by atoms with Gasteiger partial charge in [-0.25, -0.2) is 0 Å². The first-order valence-electron chi connectivity index (χ1n) is 9.36. The zero-order valence-electron chi connectivity index (χ0n) is 15.9. The molecular weight excluding hydrogens is 314 g/mol. The number of methoxy groups -OCH3 is 1. The van der Waals surface area contributed by atoms with Crippen molar-refractivity contribution in [3.8, 4) is 5.75 Å². The average molecular weight is 348 g/mol. The van der Waals surface area contributed by atoms with E-state index in [1.54, 1.807) is 7.11 Å². The summed E-state index contributed by atoms with van der Waals surface area (Å²) in [5.74, 6) is 1.74. The summed E-state index contributed by atoms with van der Waals surface area (Å²) < 4.78 is 10.6. The first-order valence-corrected chi connectivity index (χ1v) is 9.36. The van der Waals surface area contributed by atoms with E-state index in [-0.39, 0.29) is 0 Å². The van der Waals surface area contributed by atoms with Crippen LogP contribution >= 0.6 is 0 Å². The van der Waals surface area contributed by atoms with Gasteiger partial charge in [-0.1, -0.05) is 31.9 Å². The number of rotatable bonds is 9. The van der Waals surface area contributed by atoms with Crippen LogP contribution in [0, 0.1) is 5.41 Å². The van der Waals surface area contributed by atoms with Gasteiger partial charge in [0.25, 0.3) is 0 Å². The van der Waals surface area contributed by atoms with Gasteiger partial charge in [-0.3, -0.25) is 4.99 Å². The Morgan fingerprint density at radius 1 is 1.12 bits per heavy atom. The number of benzene rings is 1. The maximum atomic E-state index is 5.59. The molecule has 1 aromatic rings. The van der Waals surface area contributed by atoms with Gasteiger partial charge in [-0.2, -0.15) is 0 Å². The van der Waals surface area contributed by atoms with Gasteiger partial charge < -0.3 is 20.1 Å². The third kappa shape index (κ3) is 6.24. The van der Waals surface area contributed by atoms with Crippen LogP contribution < -0.4 is 15.4 Å². The second-order valence-electron chi connectivity index (χ2n) is 6.83. The minimum absolute atomic E-state index is 0.457. The van der Waals surface area contributed by atoms with E-state index in [1.165, 1.54) is 37.7 Å². The maximum absolute atomic E-state index is 5.59. The van der Waals surface area contributed by atoms with Gasteiger partial charge in [-0.05, 0) is 42.4 Å². The molecule has 5 nitrogen and oxygen atoms in total. The van der Waals surface area contributed by atoms with E-state index in [1.807, 2.05) is 19.2 Å². The fourth-order valence-electron chi connectivity index (χ4n) is 3.40. The van der Waals surface area contributed by atoms with Crippen LogP contribution in [0.4, 0.5) is 0 Å². The molecule has 0 unspecified atom stereocenters. The second kappa shape index (κ2) is 10.3. The largest absolute Gasteiger partial charge is 0.491 e. The predicted octanol–water partition coefficient (Wildman–Crippen LogP) is 3.35. The molecule has 0 aromatic heterocycles. The van der Waals surface area contributed by atoms with Crippen molar-refractivity contribution in [2.45, 2.75) is 45.6 Å². The van der Waals surface area contributed by atoms with Gasteiger partial charge in [-0.15, -0.1) is 0 Å². The smallest absolute Gasteiger partial charge is 0.191 e. The van der Waals surface area contributed by atoms with Gasteiger partial charge in [0.15, 0.2) is 5.96 Å². The molecule has 1 aliphatic carbocycles. The molecule has 0 saturated heterocycles. The number of nitrogens with one attached hydrogen (secondary N) is 2. The summed E-state index contributed by atoms with van der Waals surface area (Å²) in [6.45, 7) is 5.24. The lowest BCUT2D eigenvalue weighted by atomic mass is 9.83. The summed E-state index contributed by atoms with van der Waals surface area (Å²) >= 11 is 0. The monoisotopic (exact) mass is 347 g/mol. The third-order valence-electron chi connectivity index (χ3n) is 5.21. The van der Waals surface area contributed by atoms with Crippen molar-refractivity contribution >= 4 is 5.96 Å². The lowest BCUT2D eigenvalue weighted by molar-refractivity contribution is 0.146. The van der Waals surface area contributed by atoms with Gasteiger partial charge in [0.05, 0.1) is 6.61 Å². The number of ether oxygens (including phenoxy) is 2. The quantitative estimate of drug-likeness (QED) is 0.409. The van der Waals surface area contributed by atoms with E-state index < -0.39 is 0 Å². The highest BCUT2D eigenvalue weighted by Crippen LogP contribution is 2.40. The summed E-state index contributed by atoms with van der Waals surface area (Å²) in [7, 11) is 3.50. The molecule has 0 radical (unpaired) electrons. The maximum Gasteiger partial charge on any atom is 0.191 e. The van der Waals surface area contributed by atoms with Crippen LogP contribution in [-0.2, 0) is 11.3 Å². The molecule has 5 heteroatoms. The van der Waals surface area contributed by atoms with Crippen LogP contribution in [0.2, 0.25) is 0 Å². The summed E-state index contributed by atoms with van der Waals surface area (Å²) in [6, 6.07) is 8.14. The van der Waals surface area contributed by atoms with Crippen LogP contribution in [0.3, 0.4) is 0 Å². The highest BCUT2D eigenvalue weighted by molar-refractivity contribution is 5.79. The Hall–Kier alpha value is -1.75. The predicted molar refractivity (Wildman–Crippen MR) is 103 cm³/mol. The summed E-state index contributed by atoms with van der Waals surface area (Å²) in [4.78, 5) is 4.35. The molecule has 2 rings (SSSR count). The Balaban J connectivity index is 1.76. The molecule has 0 spiro atoms. The fourth-order valence-corrected chi connectivity index (χ4v) is 3.40. The topological polar surface area (TPSA) is 54.9 Å². The molecule has 1 saturated carbocycles. The van der Waals surface area contributed by atoms with Crippen LogP contribution in [0.15, 0.2) is 29.3 Å². The van der Waals surface area contributed by atoms with Gasteiger partial charge in [0.1, 0.15) is 12.4 Å². The normalized spacial score (nSPS) is 16.7. The SMILES string of the molecule is CCC1(CNC(=NC)NCc2ccc(OCCOC)cc2)CCCC1. The third-order valence-corrected chi connectivity index (χ3v) is 5.21. The molecule has 1 aromatic carbocycles. The highest BCUT2D eigenvalue weighted by atomic mass is 16.5. The lowest BCUT2D eigenvalue weighted by Crippen LogP contribution is -2.42. The molecule has 0 bridgehead atoms. The molecule has 0 amide bonds. The van der Waals surface area contributed by atoms with Crippen molar-refractivity contribution in [2.24, 2.45) is 10.4 Å².